The van der Waals surface area contributed by atoms with Gasteiger partial charge in [-0.25, -0.2) is 10.5 Å². The van der Waals surface area contributed by atoms with Crippen LogP contribution in [0.2, 0.25) is 0 Å². The van der Waals surface area contributed by atoms with Crippen LogP contribution in [0, 0.1) is 0 Å². The molecule has 4 aromatic carbocycles. The number of nitrogens with one attached hydrogen (secondary N) is 4. The van der Waals surface area contributed by atoms with Crippen molar-refractivity contribution in [3.8, 4) is 0 Å². The molecule has 0 amide bonds. The summed E-state index contributed by atoms with van der Waals surface area (Å²) in [7, 11) is -19.5. The zero-order valence-corrected chi connectivity index (χ0v) is 44.4. The van der Waals surface area contributed by atoms with Gasteiger partial charge in [-0.15, -0.1) is 8.67 Å². The van der Waals surface area contributed by atoms with Crippen LogP contribution in [0.4, 0.5) is 58.4 Å². The highest BCUT2D eigenvalue weighted by molar-refractivity contribution is 7.95. The maximum atomic E-state index is 12.9. The van der Waals surface area contributed by atoms with Crippen LogP contribution in [0.5, 0.6) is 0 Å². The summed E-state index contributed by atoms with van der Waals surface area (Å²) in [5.41, 5.74) is -0.430. The highest BCUT2D eigenvalue weighted by atomic mass is 32.2. The monoisotopic (exact) mass is 1170 g/mol. The van der Waals surface area contributed by atoms with Gasteiger partial charge < -0.3 is 31.1 Å². The number of hydrogen-bond acceptors (Lipinski definition) is 28. The van der Waals surface area contributed by atoms with E-state index in [4.69, 9.17) is 10.5 Å². The van der Waals surface area contributed by atoms with E-state index in [1.54, 1.807) is 9.80 Å². The molecule has 0 unspecified atom stereocenters. The van der Waals surface area contributed by atoms with Gasteiger partial charge in [-0.2, -0.15) is 63.6 Å². The Balaban J connectivity index is 1.33. The van der Waals surface area contributed by atoms with E-state index < -0.39 is 60.1 Å². The normalized spacial score (nSPS) is 12.2. The first-order chi connectivity index (χ1) is 35.9. The number of hydrogen-bond donors (Lipinski definition) is 10. The first-order valence-electron chi connectivity index (χ1n) is 21.4. The average Bonchev–Trinajstić information content (AvgIpc) is 3.35. The molecule has 0 saturated carbocycles. The Morgan fingerprint density at radius 1 is 0.474 bits per heavy atom. The molecule has 0 saturated heterocycles. The molecule has 0 aliphatic heterocycles. The van der Waals surface area contributed by atoms with Crippen molar-refractivity contribution in [3.63, 3.8) is 0 Å². The lowest BCUT2D eigenvalue weighted by molar-refractivity contribution is -0.432. The third-order valence-corrected chi connectivity index (χ3v) is 15.0. The molecule has 6 aromatic rings. The van der Waals surface area contributed by atoms with Crippen molar-refractivity contribution in [3.05, 3.63) is 83.9 Å². The Bertz CT molecular complexity index is 3350. The summed E-state index contributed by atoms with van der Waals surface area (Å²) in [6.07, 6.45) is 2.30. The Morgan fingerprint density at radius 2 is 0.816 bits per heavy atom. The van der Waals surface area contributed by atoms with Crippen molar-refractivity contribution < 1.29 is 81.1 Å². The average molecular weight is 1170 g/mol. The van der Waals surface area contributed by atoms with E-state index in [0.29, 0.717) is 50.3 Å². The second-order valence-corrected chi connectivity index (χ2v) is 22.0. The van der Waals surface area contributed by atoms with Crippen LogP contribution >= 0.6 is 24.1 Å². The molecule has 30 nitrogen and oxygen atoms in total. The SMILES string of the molecule is CCN(CC)c1nc(Nc2ccc(/C=C/c3ccc(Nc4nc(Nc5cc(S(=O)(=O)O)ccc5SOOO)nc(N(CC)CC)n4)cc3S(=O)(=O)O)c(S(=O)(=O)O)c2)nc(Nc2cc(S(=O)(=O)O)ccc2SOOO)n1. The van der Waals surface area contributed by atoms with E-state index in [2.05, 4.69) is 69.9 Å². The molecule has 2 heterocycles. The van der Waals surface area contributed by atoms with Crippen molar-refractivity contribution in [1.82, 2.24) is 29.9 Å². The van der Waals surface area contributed by atoms with Gasteiger partial charge in [0.2, 0.25) is 35.7 Å². The predicted molar refractivity (Wildman–Crippen MR) is 275 cm³/mol. The summed E-state index contributed by atoms with van der Waals surface area (Å²) >= 11 is 0.900. The lowest BCUT2D eigenvalue weighted by atomic mass is 10.1. The standard InChI is InChI=1S/C40H44N12O18S6/c1-5-51(6-2)39-47-35(45-37(49-39)43-29-21-27(73(55,56)57)15-17-31(29)71-69-67-53)41-25-13-11-23(33(19-25)75(61,62)63)9-10-24-12-14-26(20-34(24)76(64,65)66)42-36-46-38(50-40(48-36)52(7-3)8-4)44-30-22-28(74(58,59)60)16-18-32(30)72-70-68-54/h9-22,53-54H,5-8H2,1-4H3,(H,55,56,57)(H,58,59,60)(H,61,62,63)(H,64,65,66)(H2,41,43,45,47,49)(H2,42,44,46,48,50)/b10-9+. The molecular formula is C40H44N12O18S6. The van der Waals surface area contributed by atoms with Gasteiger partial charge in [0.05, 0.1) is 55.0 Å². The minimum atomic E-state index is -5.04. The third kappa shape index (κ3) is 15.6. The fourth-order valence-electron chi connectivity index (χ4n) is 6.66. The smallest absolute Gasteiger partial charge is 0.295 e. The summed E-state index contributed by atoms with van der Waals surface area (Å²) in [5, 5.41) is 36.0. The number of nitrogens with zero attached hydrogens (tertiary/aromatic N) is 8. The van der Waals surface area contributed by atoms with Crippen LogP contribution in [-0.2, 0) is 59.2 Å². The van der Waals surface area contributed by atoms with Gasteiger partial charge in [0.1, 0.15) is 9.79 Å². The summed E-state index contributed by atoms with van der Waals surface area (Å²) in [4.78, 5) is 27.5. The van der Waals surface area contributed by atoms with Gasteiger partial charge >= 0.3 is 0 Å². The van der Waals surface area contributed by atoms with Crippen LogP contribution < -0.4 is 31.1 Å². The van der Waals surface area contributed by atoms with Crippen LogP contribution in [0.25, 0.3) is 12.2 Å². The van der Waals surface area contributed by atoms with E-state index >= 15 is 0 Å². The number of aromatic nitrogens is 6. The van der Waals surface area contributed by atoms with E-state index in [-0.39, 0.29) is 79.4 Å². The van der Waals surface area contributed by atoms with E-state index in [9.17, 15) is 51.9 Å². The molecule has 0 atom stereocenters. The molecule has 6 rings (SSSR count). The van der Waals surface area contributed by atoms with Gasteiger partial charge in [-0.1, -0.05) is 34.4 Å². The quantitative estimate of drug-likeness (QED) is 0.00883. The maximum Gasteiger partial charge on any atom is 0.295 e. The van der Waals surface area contributed by atoms with Crippen LogP contribution in [0.3, 0.4) is 0 Å². The van der Waals surface area contributed by atoms with Crippen molar-refractivity contribution >= 4 is 135 Å². The summed E-state index contributed by atoms with van der Waals surface area (Å²) in [6, 6.07) is 13.8. The van der Waals surface area contributed by atoms with Crippen LogP contribution in [0.15, 0.2) is 102 Å². The molecule has 0 aliphatic carbocycles. The minimum Gasteiger partial charge on any atom is -0.341 e. The van der Waals surface area contributed by atoms with Crippen molar-refractivity contribution in [2.24, 2.45) is 0 Å². The molecule has 36 heteroatoms. The maximum absolute atomic E-state index is 12.9. The Morgan fingerprint density at radius 3 is 1.12 bits per heavy atom. The Labute approximate surface area is 442 Å². The van der Waals surface area contributed by atoms with Crippen LogP contribution in [-0.4, -0.2) is 118 Å². The van der Waals surface area contributed by atoms with Crippen molar-refractivity contribution in [2.75, 3.05) is 57.2 Å². The molecule has 2 aromatic heterocycles. The zero-order chi connectivity index (χ0) is 55.6. The lowest BCUT2D eigenvalue weighted by Crippen LogP contribution is -2.25. The highest BCUT2D eigenvalue weighted by Gasteiger charge is 2.22. The van der Waals surface area contributed by atoms with E-state index in [0.717, 1.165) is 48.6 Å². The lowest BCUT2D eigenvalue weighted by Gasteiger charge is -2.20. The number of anilines is 10. The number of benzene rings is 4. The predicted octanol–water partition coefficient (Wildman–Crippen LogP) is 6.74. The minimum absolute atomic E-state index is 0.00306. The molecule has 0 bridgehead atoms. The van der Waals surface area contributed by atoms with Crippen LogP contribution in [0.1, 0.15) is 38.8 Å². The fourth-order valence-corrected chi connectivity index (χ4v) is 9.94. The number of rotatable bonds is 26. The molecular weight excluding hydrogens is 1130 g/mol. The van der Waals surface area contributed by atoms with Gasteiger partial charge in [-0.05, 0) is 99.5 Å². The summed E-state index contributed by atoms with van der Waals surface area (Å²) in [5.74, 6) is -0.634. The van der Waals surface area contributed by atoms with Gasteiger partial charge in [0.25, 0.3) is 40.5 Å². The van der Waals surface area contributed by atoms with Gasteiger partial charge in [-0.3, -0.25) is 18.2 Å². The molecule has 0 fully saturated rings. The molecule has 0 spiro atoms. The molecule has 76 heavy (non-hydrogen) atoms. The topological polar surface area (TPSA) is 427 Å². The third-order valence-electron chi connectivity index (χ3n) is 10.2. The van der Waals surface area contributed by atoms with Crippen molar-refractivity contribution in [1.29, 1.82) is 0 Å². The van der Waals surface area contributed by atoms with Crippen molar-refractivity contribution in [2.45, 2.75) is 57.1 Å². The molecule has 408 valence electrons. The van der Waals surface area contributed by atoms with E-state index in [1.165, 1.54) is 36.4 Å². The van der Waals surface area contributed by atoms with Gasteiger partial charge in [0.15, 0.2) is 0 Å². The molecule has 0 radical (unpaired) electrons. The summed E-state index contributed by atoms with van der Waals surface area (Å²) < 4.78 is 148. The Kier molecular flexibility index (Phi) is 19.4. The highest BCUT2D eigenvalue weighted by Crippen LogP contribution is 2.35. The first kappa shape index (κ1) is 58.8. The first-order valence-corrected chi connectivity index (χ1v) is 28.7. The van der Waals surface area contributed by atoms with E-state index in [1.807, 2.05) is 27.7 Å². The second kappa shape index (κ2) is 25.1. The van der Waals surface area contributed by atoms with Gasteiger partial charge in [0, 0.05) is 37.6 Å². The Hall–Kier alpha value is -6.46. The zero-order valence-electron chi connectivity index (χ0n) is 39.5. The largest absolute Gasteiger partial charge is 0.341 e. The molecule has 0 aliphatic rings. The summed E-state index contributed by atoms with van der Waals surface area (Å²) in [6.45, 7) is 8.81. The molecule has 10 N–H and O–H groups in total. The fraction of sp³-hybridized carbons (Fsp3) is 0.200. The second-order valence-electron chi connectivity index (χ2n) is 14.9.